The topological polar surface area (TPSA) is 111 Å². The van der Waals surface area contributed by atoms with Gasteiger partial charge in [-0.25, -0.2) is 9.59 Å². The van der Waals surface area contributed by atoms with E-state index >= 15 is 0 Å². The van der Waals surface area contributed by atoms with Crippen molar-refractivity contribution in [3.63, 3.8) is 0 Å². The minimum atomic E-state index is -2.18. The molecule has 2 rings (SSSR count). The molecule has 0 saturated carbocycles. The molecule has 7 nitrogen and oxygen atoms in total. The molecular formula is C20H28N2O5Si. The van der Waals surface area contributed by atoms with Gasteiger partial charge in [0.25, 0.3) is 0 Å². The number of benzene rings is 1. The van der Waals surface area contributed by atoms with E-state index in [-0.39, 0.29) is 24.4 Å². The van der Waals surface area contributed by atoms with Crippen LogP contribution in [0.4, 0.5) is 4.79 Å². The Kier molecular flexibility index (Phi) is 5.92. The lowest BCUT2D eigenvalue weighted by Crippen LogP contribution is -2.54. The van der Waals surface area contributed by atoms with E-state index in [0.717, 1.165) is 4.90 Å². The molecule has 8 heteroatoms. The zero-order chi connectivity index (χ0) is 21.3. The second kappa shape index (κ2) is 7.57. The van der Waals surface area contributed by atoms with Crippen LogP contribution in [0.3, 0.4) is 0 Å². The first kappa shape index (κ1) is 21.9. The smallest absolute Gasteiger partial charge is 0.408 e. The van der Waals surface area contributed by atoms with Crippen LogP contribution >= 0.6 is 0 Å². The van der Waals surface area contributed by atoms with E-state index in [1.54, 1.807) is 24.3 Å². The molecule has 1 aliphatic heterocycles. The van der Waals surface area contributed by atoms with Gasteiger partial charge in [-0.05, 0) is 35.8 Å². The Bertz CT molecular complexity index is 794. The number of carboxylic acid groups (broad SMARTS) is 2. The molecule has 0 aliphatic carbocycles. The molecule has 0 aromatic heterocycles. The summed E-state index contributed by atoms with van der Waals surface area (Å²) in [6.45, 7) is 10.4. The minimum absolute atomic E-state index is 0.0255. The SMILES string of the molecule is CC(C)(C)[Si](C)(C)O[C@H]1CN(C(=O)O)C(Cc2ccc(C#N)cc2)(C(=O)O)C1. The fourth-order valence-electron chi connectivity index (χ4n) is 3.34. The van der Waals surface area contributed by atoms with Crippen LogP contribution in [0.15, 0.2) is 24.3 Å². The van der Waals surface area contributed by atoms with Crippen molar-refractivity contribution in [1.82, 2.24) is 4.90 Å². The summed E-state index contributed by atoms with van der Waals surface area (Å²) in [6.07, 6.45) is -1.61. The molecule has 0 bridgehead atoms. The van der Waals surface area contributed by atoms with Crippen molar-refractivity contribution in [3.05, 3.63) is 35.4 Å². The number of aliphatic carboxylic acids is 1. The predicted molar refractivity (Wildman–Crippen MR) is 107 cm³/mol. The van der Waals surface area contributed by atoms with Gasteiger partial charge in [-0.3, -0.25) is 4.90 Å². The number of carboxylic acids is 1. The fourth-order valence-corrected chi connectivity index (χ4v) is 4.69. The normalized spacial score (nSPS) is 22.7. The van der Waals surface area contributed by atoms with Crippen LogP contribution in [0.2, 0.25) is 18.1 Å². The van der Waals surface area contributed by atoms with E-state index in [0.29, 0.717) is 11.1 Å². The lowest BCUT2D eigenvalue weighted by atomic mass is 9.87. The summed E-state index contributed by atoms with van der Waals surface area (Å²) in [4.78, 5) is 25.2. The highest BCUT2D eigenvalue weighted by Gasteiger charge is 2.55. The van der Waals surface area contributed by atoms with Crippen molar-refractivity contribution in [2.24, 2.45) is 0 Å². The summed E-state index contributed by atoms with van der Waals surface area (Å²) in [5.74, 6) is -1.18. The number of nitriles is 1. The summed E-state index contributed by atoms with van der Waals surface area (Å²) in [5, 5.41) is 28.6. The monoisotopic (exact) mass is 404 g/mol. The first-order valence-corrected chi connectivity index (χ1v) is 12.1. The molecule has 1 unspecified atom stereocenters. The molecule has 1 fully saturated rings. The third-order valence-electron chi connectivity index (χ3n) is 5.94. The molecule has 1 aliphatic rings. The van der Waals surface area contributed by atoms with E-state index in [1.165, 1.54) is 0 Å². The van der Waals surface area contributed by atoms with Crippen LogP contribution in [-0.2, 0) is 15.6 Å². The molecule has 2 N–H and O–H groups in total. The zero-order valence-corrected chi connectivity index (χ0v) is 18.0. The van der Waals surface area contributed by atoms with Crippen LogP contribution in [-0.4, -0.2) is 53.7 Å². The standard InChI is InChI=1S/C20H28N2O5Si/c1-19(2,3)28(4,5)27-16-11-20(17(23)24,22(13-16)18(25)26)10-14-6-8-15(12-21)9-7-14/h6-9,16H,10-11,13H2,1-5H3,(H,23,24)(H,25,26)/t16-,20?/m1/s1. The van der Waals surface area contributed by atoms with Crippen LogP contribution in [0.25, 0.3) is 0 Å². The van der Waals surface area contributed by atoms with Gasteiger partial charge in [-0.1, -0.05) is 32.9 Å². The van der Waals surface area contributed by atoms with Crippen molar-refractivity contribution < 1.29 is 24.2 Å². The lowest BCUT2D eigenvalue weighted by molar-refractivity contribution is -0.148. The quantitative estimate of drug-likeness (QED) is 0.724. The molecule has 1 aromatic carbocycles. The van der Waals surface area contributed by atoms with Crippen LogP contribution in [0.5, 0.6) is 0 Å². The largest absolute Gasteiger partial charge is 0.479 e. The Labute approximate surface area is 166 Å². The summed E-state index contributed by atoms with van der Waals surface area (Å²) >= 11 is 0. The van der Waals surface area contributed by atoms with Crippen molar-refractivity contribution >= 4 is 20.4 Å². The van der Waals surface area contributed by atoms with E-state index in [1.807, 2.05) is 6.07 Å². The third-order valence-corrected chi connectivity index (χ3v) is 10.5. The Morgan fingerprint density at radius 2 is 1.86 bits per heavy atom. The number of likely N-dealkylation sites (tertiary alicyclic amines) is 1. The van der Waals surface area contributed by atoms with Crippen LogP contribution in [0, 0.1) is 11.3 Å². The molecule has 1 aromatic rings. The molecule has 1 saturated heterocycles. The number of nitrogens with zero attached hydrogens (tertiary/aromatic N) is 2. The van der Waals surface area contributed by atoms with E-state index in [9.17, 15) is 19.8 Å². The molecule has 1 heterocycles. The van der Waals surface area contributed by atoms with Gasteiger partial charge < -0.3 is 14.6 Å². The minimum Gasteiger partial charge on any atom is -0.479 e. The van der Waals surface area contributed by atoms with Gasteiger partial charge in [0.1, 0.15) is 5.54 Å². The average molecular weight is 405 g/mol. The summed E-state index contributed by atoms with van der Waals surface area (Å²) < 4.78 is 6.35. The molecule has 28 heavy (non-hydrogen) atoms. The molecule has 0 spiro atoms. The van der Waals surface area contributed by atoms with E-state index < -0.39 is 32.0 Å². The molecule has 1 amide bonds. The Morgan fingerprint density at radius 3 is 2.29 bits per heavy atom. The Hall–Kier alpha value is -2.37. The van der Waals surface area contributed by atoms with Gasteiger partial charge in [0, 0.05) is 12.8 Å². The van der Waals surface area contributed by atoms with Gasteiger partial charge >= 0.3 is 12.1 Å². The van der Waals surface area contributed by atoms with Crippen molar-refractivity contribution in [1.29, 1.82) is 5.26 Å². The fraction of sp³-hybridized carbons (Fsp3) is 0.550. The van der Waals surface area contributed by atoms with E-state index in [4.69, 9.17) is 9.69 Å². The number of amides is 1. The summed E-state index contributed by atoms with van der Waals surface area (Å²) in [7, 11) is -2.18. The van der Waals surface area contributed by atoms with Gasteiger partial charge in [-0.15, -0.1) is 0 Å². The molecule has 0 radical (unpaired) electrons. The average Bonchev–Trinajstić information content (AvgIpc) is 2.93. The zero-order valence-electron chi connectivity index (χ0n) is 17.0. The predicted octanol–water partition coefficient (Wildman–Crippen LogP) is 3.70. The number of rotatable bonds is 5. The second-order valence-electron chi connectivity index (χ2n) is 8.92. The lowest BCUT2D eigenvalue weighted by Gasteiger charge is -2.38. The number of carbonyl (C=O) groups is 2. The Balaban J connectivity index is 2.36. The van der Waals surface area contributed by atoms with Gasteiger partial charge in [0.2, 0.25) is 0 Å². The molecule has 2 atom stereocenters. The first-order chi connectivity index (χ1) is 12.8. The first-order valence-electron chi connectivity index (χ1n) is 9.23. The maximum Gasteiger partial charge on any atom is 0.408 e. The van der Waals surface area contributed by atoms with Crippen molar-refractivity contribution in [3.8, 4) is 6.07 Å². The highest BCUT2D eigenvalue weighted by Crippen LogP contribution is 2.41. The number of hydrogen-bond acceptors (Lipinski definition) is 4. The van der Waals surface area contributed by atoms with Crippen LogP contribution < -0.4 is 0 Å². The molecular weight excluding hydrogens is 376 g/mol. The number of hydrogen-bond donors (Lipinski definition) is 2. The molecule has 152 valence electrons. The highest BCUT2D eigenvalue weighted by atomic mass is 28.4. The highest BCUT2D eigenvalue weighted by molar-refractivity contribution is 6.74. The van der Waals surface area contributed by atoms with Crippen LogP contribution in [0.1, 0.15) is 38.3 Å². The van der Waals surface area contributed by atoms with Gasteiger partial charge in [-0.2, -0.15) is 5.26 Å². The Morgan fingerprint density at radius 1 is 1.29 bits per heavy atom. The van der Waals surface area contributed by atoms with Crippen molar-refractivity contribution in [2.75, 3.05) is 6.54 Å². The van der Waals surface area contributed by atoms with Crippen molar-refractivity contribution in [2.45, 2.75) is 63.4 Å². The summed E-state index contributed by atoms with van der Waals surface area (Å²) in [6, 6.07) is 8.57. The maximum atomic E-state index is 12.3. The summed E-state index contributed by atoms with van der Waals surface area (Å²) in [5.41, 5.74) is -0.457. The second-order valence-corrected chi connectivity index (χ2v) is 13.7. The van der Waals surface area contributed by atoms with Gasteiger partial charge in [0.05, 0.1) is 24.3 Å². The third kappa shape index (κ3) is 4.21. The van der Waals surface area contributed by atoms with Gasteiger partial charge in [0.15, 0.2) is 8.32 Å². The van der Waals surface area contributed by atoms with E-state index in [2.05, 4.69) is 33.9 Å². The maximum absolute atomic E-state index is 12.3.